The molecule has 0 saturated heterocycles. The number of benzene rings is 3. The molecule has 3 aromatic carbocycles. The van der Waals surface area contributed by atoms with Crippen molar-refractivity contribution in [1.29, 1.82) is 0 Å². The van der Waals surface area contributed by atoms with Gasteiger partial charge in [0, 0.05) is 18.0 Å². The summed E-state index contributed by atoms with van der Waals surface area (Å²) in [5.41, 5.74) is 2.47. The molecule has 0 fully saturated rings. The molecule has 0 bridgehead atoms. The Balaban J connectivity index is 1.72. The van der Waals surface area contributed by atoms with Crippen LogP contribution in [0.5, 0.6) is 5.75 Å². The second kappa shape index (κ2) is 10.7. The van der Waals surface area contributed by atoms with E-state index >= 15 is 4.39 Å². The Hall–Kier alpha value is -4.56. The molecule has 2 heterocycles. The van der Waals surface area contributed by atoms with E-state index in [-0.39, 0.29) is 21.8 Å². The van der Waals surface area contributed by atoms with Gasteiger partial charge in [0.2, 0.25) is 0 Å². The molecule has 14 heteroatoms. The molecule has 0 saturated carbocycles. The van der Waals surface area contributed by atoms with Gasteiger partial charge in [0.05, 0.1) is 34.8 Å². The van der Waals surface area contributed by atoms with Crippen molar-refractivity contribution in [2.24, 2.45) is 0 Å². The van der Waals surface area contributed by atoms with Crippen LogP contribution in [-0.4, -0.2) is 50.7 Å². The lowest BCUT2D eigenvalue weighted by molar-refractivity contribution is -0.274. The van der Waals surface area contributed by atoms with Gasteiger partial charge in [-0.3, -0.25) is 4.57 Å². The summed E-state index contributed by atoms with van der Waals surface area (Å²) >= 11 is 0. The number of hydrogen-bond acceptors (Lipinski definition) is 7. The summed E-state index contributed by atoms with van der Waals surface area (Å²) in [4.78, 5) is 4.26. The highest BCUT2D eigenvalue weighted by Gasteiger charge is 2.31. The number of halogens is 4. The SMILES string of the molecule is Cc1cn(-c2c(F)cc(-c3ccc(CO)c(S(C)(=O)=O)c3)cc2-n2nncc2-c2ccc(OC(F)(F)F)cc2)c(C)n1. The van der Waals surface area contributed by atoms with E-state index in [0.29, 0.717) is 33.9 Å². The molecule has 9 nitrogen and oxygen atoms in total. The van der Waals surface area contributed by atoms with Crippen molar-refractivity contribution in [1.82, 2.24) is 24.5 Å². The summed E-state index contributed by atoms with van der Waals surface area (Å²) in [6.07, 6.45) is -0.839. The first-order chi connectivity index (χ1) is 19.7. The Labute approximate surface area is 237 Å². The number of imidazole rings is 1. The summed E-state index contributed by atoms with van der Waals surface area (Å²) in [5, 5.41) is 17.8. The largest absolute Gasteiger partial charge is 0.573 e. The number of nitrogens with zero attached hydrogens (tertiary/aromatic N) is 5. The topological polar surface area (TPSA) is 112 Å². The fourth-order valence-electron chi connectivity index (χ4n) is 4.64. The van der Waals surface area contributed by atoms with E-state index in [0.717, 1.165) is 18.4 Å². The first-order valence-corrected chi connectivity index (χ1v) is 14.2. The predicted molar refractivity (Wildman–Crippen MR) is 145 cm³/mol. The molecule has 218 valence electrons. The number of aryl methyl sites for hydroxylation is 2. The van der Waals surface area contributed by atoms with Crippen LogP contribution in [-0.2, 0) is 16.4 Å². The monoisotopic (exact) mass is 601 g/mol. The Kier molecular flexibility index (Phi) is 7.37. The lowest BCUT2D eigenvalue weighted by Gasteiger charge is -2.17. The Morgan fingerprint density at radius 1 is 0.976 bits per heavy atom. The molecule has 42 heavy (non-hydrogen) atoms. The minimum atomic E-state index is -4.86. The van der Waals surface area contributed by atoms with Gasteiger partial charge in [0.15, 0.2) is 9.84 Å². The Morgan fingerprint density at radius 2 is 1.67 bits per heavy atom. The van der Waals surface area contributed by atoms with Gasteiger partial charge in [-0.2, -0.15) is 0 Å². The standard InChI is InChI=1S/C28H23F4N5O4S/c1-16-14-36(17(2)34-16)27-23(29)10-21(19-4-5-20(15-38)26(12-19)42(3,39)40)11-24(27)37-25(13-33-35-37)18-6-8-22(9-7-18)41-28(30,31)32/h4-14,38H,15H2,1-3H3. The van der Waals surface area contributed by atoms with Crippen LogP contribution in [0.1, 0.15) is 17.1 Å². The molecular weight excluding hydrogens is 578 g/mol. The van der Waals surface area contributed by atoms with Crippen molar-refractivity contribution >= 4 is 9.84 Å². The fraction of sp³-hybridized carbons (Fsp3) is 0.179. The maximum atomic E-state index is 16.1. The summed E-state index contributed by atoms with van der Waals surface area (Å²) in [6.45, 7) is 2.93. The van der Waals surface area contributed by atoms with Gasteiger partial charge in [-0.25, -0.2) is 22.5 Å². The van der Waals surface area contributed by atoms with Crippen LogP contribution in [0.25, 0.3) is 33.8 Å². The molecule has 0 unspecified atom stereocenters. The normalized spacial score (nSPS) is 12.1. The highest BCUT2D eigenvalue weighted by molar-refractivity contribution is 7.90. The molecule has 5 rings (SSSR count). The van der Waals surface area contributed by atoms with Crippen LogP contribution in [0.4, 0.5) is 17.6 Å². The number of rotatable bonds is 7. The van der Waals surface area contributed by atoms with Crippen molar-refractivity contribution in [2.45, 2.75) is 31.7 Å². The molecule has 0 radical (unpaired) electrons. The zero-order valence-corrected chi connectivity index (χ0v) is 23.2. The molecule has 0 spiro atoms. The van der Waals surface area contributed by atoms with Gasteiger partial charge < -0.3 is 9.84 Å². The fourth-order valence-corrected chi connectivity index (χ4v) is 5.59. The minimum Gasteiger partial charge on any atom is -0.406 e. The molecule has 1 N–H and O–H groups in total. The minimum absolute atomic E-state index is 0.0657. The van der Waals surface area contributed by atoms with Crippen LogP contribution in [0.3, 0.4) is 0 Å². The Morgan fingerprint density at radius 3 is 2.26 bits per heavy atom. The van der Waals surface area contributed by atoms with E-state index in [4.69, 9.17) is 0 Å². The van der Waals surface area contributed by atoms with Gasteiger partial charge in [-0.05, 0) is 73.0 Å². The number of alkyl halides is 3. The average molecular weight is 602 g/mol. The third-order valence-electron chi connectivity index (χ3n) is 6.42. The summed E-state index contributed by atoms with van der Waals surface area (Å²) in [7, 11) is -3.73. The van der Waals surface area contributed by atoms with Crippen LogP contribution < -0.4 is 4.74 Å². The lowest BCUT2D eigenvalue weighted by atomic mass is 10.0. The zero-order valence-electron chi connectivity index (χ0n) is 22.4. The second-order valence-electron chi connectivity index (χ2n) is 9.48. The maximum Gasteiger partial charge on any atom is 0.573 e. The highest BCUT2D eigenvalue weighted by atomic mass is 32.2. The van der Waals surface area contributed by atoms with E-state index < -0.39 is 34.4 Å². The Bertz CT molecular complexity index is 1900. The van der Waals surface area contributed by atoms with Crippen LogP contribution in [0, 0.1) is 19.7 Å². The van der Waals surface area contributed by atoms with Gasteiger partial charge >= 0.3 is 6.36 Å². The van der Waals surface area contributed by atoms with E-state index in [1.807, 2.05) is 0 Å². The summed E-state index contributed by atoms with van der Waals surface area (Å²) < 4.78 is 85.7. The maximum absolute atomic E-state index is 16.1. The molecule has 0 aliphatic heterocycles. The van der Waals surface area contributed by atoms with E-state index in [2.05, 4.69) is 20.0 Å². The van der Waals surface area contributed by atoms with E-state index in [1.165, 1.54) is 45.8 Å². The van der Waals surface area contributed by atoms with Crippen molar-refractivity contribution in [3.8, 4) is 39.5 Å². The van der Waals surface area contributed by atoms with Crippen molar-refractivity contribution in [3.05, 3.63) is 89.9 Å². The van der Waals surface area contributed by atoms with Crippen LogP contribution >= 0.6 is 0 Å². The number of sulfone groups is 1. The quantitative estimate of drug-likeness (QED) is 0.251. The first-order valence-electron chi connectivity index (χ1n) is 12.3. The van der Waals surface area contributed by atoms with Gasteiger partial charge in [-0.1, -0.05) is 17.3 Å². The van der Waals surface area contributed by atoms with Gasteiger partial charge in [0.25, 0.3) is 0 Å². The smallest absolute Gasteiger partial charge is 0.406 e. The van der Waals surface area contributed by atoms with Crippen LogP contribution in [0.2, 0.25) is 0 Å². The number of aliphatic hydroxyl groups excluding tert-OH is 1. The number of ether oxygens (including phenoxy) is 1. The first kappa shape index (κ1) is 29.0. The third kappa shape index (κ3) is 5.76. The lowest BCUT2D eigenvalue weighted by Crippen LogP contribution is -2.17. The van der Waals surface area contributed by atoms with E-state index in [9.17, 15) is 26.7 Å². The van der Waals surface area contributed by atoms with Crippen molar-refractivity contribution in [2.75, 3.05) is 6.26 Å². The van der Waals surface area contributed by atoms with Crippen molar-refractivity contribution < 1.29 is 35.8 Å². The number of aromatic nitrogens is 5. The average Bonchev–Trinajstić information content (AvgIpc) is 3.52. The predicted octanol–water partition coefficient (Wildman–Crippen LogP) is 5.34. The second-order valence-corrected chi connectivity index (χ2v) is 11.5. The molecule has 0 aliphatic carbocycles. The zero-order chi connectivity index (χ0) is 30.4. The molecular formula is C28H23F4N5O4S. The van der Waals surface area contributed by atoms with Crippen LogP contribution in [0.15, 0.2) is 71.9 Å². The number of aliphatic hydroxyl groups is 1. The molecule has 0 aliphatic rings. The number of hydrogen-bond donors (Lipinski definition) is 1. The summed E-state index contributed by atoms with van der Waals surface area (Å²) in [5.74, 6) is -0.635. The molecule has 0 atom stereocenters. The summed E-state index contributed by atoms with van der Waals surface area (Å²) in [6, 6.07) is 12.2. The molecule has 0 amide bonds. The van der Waals surface area contributed by atoms with Crippen molar-refractivity contribution in [3.63, 3.8) is 0 Å². The van der Waals surface area contributed by atoms with Gasteiger partial charge in [0.1, 0.15) is 23.1 Å². The van der Waals surface area contributed by atoms with E-state index in [1.54, 1.807) is 32.2 Å². The molecule has 5 aromatic rings. The van der Waals surface area contributed by atoms with Gasteiger partial charge in [-0.15, -0.1) is 18.3 Å². The third-order valence-corrected chi connectivity index (χ3v) is 7.60. The highest BCUT2D eigenvalue weighted by Crippen LogP contribution is 2.35. The molecule has 2 aromatic heterocycles.